The molecular weight excluding hydrogens is 246 g/mol. The van der Waals surface area contributed by atoms with Crippen molar-refractivity contribution in [1.29, 1.82) is 0 Å². The monoisotopic (exact) mass is 265 g/mol. The van der Waals surface area contributed by atoms with Crippen molar-refractivity contribution in [2.24, 2.45) is 0 Å². The first-order valence-corrected chi connectivity index (χ1v) is 7.11. The van der Waals surface area contributed by atoms with Crippen molar-refractivity contribution in [3.8, 4) is 11.1 Å². The number of carbonyl (C=O) groups is 1. The fourth-order valence-corrected chi connectivity index (χ4v) is 3.19. The molecule has 102 valence electrons. The second kappa shape index (κ2) is 4.78. The topological polar surface area (TPSA) is 20.3 Å². The Morgan fingerprint density at radius 3 is 2.60 bits per heavy atom. The van der Waals surface area contributed by atoms with Gasteiger partial charge >= 0.3 is 0 Å². The molecule has 2 aromatic rings. The third kappa shape index (κ3) is 1.75. The summed E-state index contributed by atoms with van der Waals surface area (Å²) in [5, 5.41) is 0. The van der Waals surface area contributed by atoms with Crippen LogP contribution in [0.2, 0.25) is 0 Å². The minimum atomic E-state index is -0.0528. The molecule has 0 fully saturated rings. The number of amides is 1. The summed E-state index contributed by atoms with van der Waals surface area (Å²) in [4.78, 5) is 14.6. The minimum absolute atomic E-state index is 0.0528. The molecule has 1 atom stereocenters. The molecule has 20 heavy (non-hydrogen) atoms. The van der Waals surface area contributed by atoms with E-state index in [0.29, 0.717) is 0 Å². The maximum absolute atomic E-state index is 12.7. The van der Waals surface area contributed by atoms with Crippen LogP contribution in [-0.2, 0) is 4.79 Å². The summed E-state index contributed by atoms with van der Waals surface area (Å²) >= 11 is 0. The molecule has 0 N–H and O–H groups in total. The Morgan fingerprint density at radius 2 is 1.85 bits per heavy atom. The number of likely N-dealkylation sites (N-methyl/N-ethyl adjacent to an activating group) is 1. The van der Waals surface area contributed by atoms with E-state index in [1.54, 1.807) is 0 Å². The highest BCUT2D eigenvalue weighted by molar-refractivity contribution is 6.05. The number of hydrogen-bond acceptors (Lipinski definition) is 1. The largest absolute Gasteiger partial charge is 0.314 e. The van der Waals surface area contributed by atoms with Crippen LogP contribution in [0.3, 0.4) is 0 Å². The van der Waals surface area contributed by atoms with Gasteiger partial charge in [0.1, 0.15) is 0 Å². The fourth-order valence-electron chi connectivity index (χ4n) is 3.19. The molecule has 0 saturated heterocycles. The van der Waals surface area contributed by atoms with E-state index in [9.17, 15) is 4.79 Å². The SMILES string of the molecule is CC[C@H]1C(=O)N(C)c2cccc(C)c2-c2ccccc21. The van der Waals surface area contributed by atoms with Crippen molar-refractivity contribution in [3.05, 3.63) is 53.6 Å². The van der Waals surface area contributed by atoms with Crippen LogP contribution in [0.15, 0.2) is 42.5 Å². The highest BCUT2D eigenvalue weighted by Gasteiger charge is 2.31. The molecule has 0 aromatic heterocycles. The average molecular weight is 265 g/mol. The zero-order valence-corrected chi connectivity index (χ0v) is 12.2. The number of aryl methyl sites for hydroxylation is 1. The van der Waals surface area contributed by atoms with Crippen LogP contribution in [0.5, 0.6) is 0 Å². The van der Waals surface area contributed by atoms with Gasteiger partial charge in [-0.25, -0.2) is 0 Å². The molecule has 1 aliphatic rings. The Morgan fingerprint density at radius 1 is 1.10 bits per heavy atom. The summed E-state index contributed by atoms with van der Waals surface area (Å²) in [5.41, 5.74) is 5.77. The Labute approximate surface area is 120 Å². The molecule has 1 amide bonds. The first-order valence-electron chi connectivity index (χ1n) is 7.11. The van der Waals surface area contributed by atoms with Crippen LogP contribution in [0.25, 0.3) is 11.1 Å². The highest BCUT2D eigenvalue weighted by atomic mass is 16.2. The standard InChI is InChI=1S/C18H19NO/c1-4-13-14-9-5-6-10-15(14)17-12(2)8-7-11-16(17)19(3)18(13)20/h5-11,13H,4H2,1-3H3/t13-/m1/s1. The van der Waals surface area contributed by atoms with Crippen LogP contribution in [0.4, 0.5) is 5.69 Å². The smallest absolute Gasteiger partial charge is 0.234 e. The van der Waals surface area contributed by atoms with Gasteiger partial charge in [-0.05, 0) is 36.1 Å². The van der Waals surface area contributed by atoms with Crippen LogP contribution in [0, 0.1) is 6.92 Å². The lowest BCUT2D eigenvalue weighted by Gasteiger charge is -2.21. The lowest BCUT2D eigenvalue weighted by Crippen LogP contribution is -2.30. The molecule has 0 bridgehead atoms. The van der Waals surface area contributed by atoms with E-state index in [0.717, 1.165) is 17.7 Å². The van der Waals surface area contributed by atoms with E-state index >= 15 is 0 Å². The van der Waals surface area contributed by atoms with Gasteiger partial charge in [-0.2, -0.15) is 0 Å². The molecule has 0 saturated carbocycles. The number of nitrogens with zero attached hydrogens (tertiary/aromatic N) is 1. The molecular formula is C18H19NO. The summed E-state index contributed by atoms with van der Waals surface area (Å²) < 4.78 is 0. The van der Waals surface area contributed by atoms with E-state index in [4.69, 9.17) is 0 Å². The lowest BCUT2D eigenvalue weighted by atomic mass is 9.88. The number of benzene rings is 2. The zero-order chi connectivity index (χ0) is 14.3. The molecule has 1 aliphatic heterocycles. The third-order valence-corrected chi connectivity index (χ3v) is 4.25. The van der Waals surface area contributed by atoms with Crippen molar-refractivity contribution in [1.82, 2.24) is 0 Å². The third-order valence-electron chi connectivity index (χ3n) is 4.25. The second-order valence-electron chi connectivity index (χ2n) is 5.41. The predicted octanol–water partition coefficient (Wildman–Crippen LogP) is 4.13. The van der Waals surface area contributed by atoms with E-state index in [1.807, 2.05) is 30.1 Å². The van der Waals surface area contributed by atoms with E-state index in [2.05, 4.69) is 38.1 Å². The first kappa shape index (κ1) is 12.9. The summed E-state index contributed by atoms with van der Waals surface area (Å²) in [7, 11) is 1.88. The molecule has 2 aromatic carbocycles. The molecule has 2 nitrogen and oxygen atoms in total. The first-order chi connectivity index (χ1) is 9.65. The highest BCUT2D eigenvalue weighted by Crippen LogP contribution is 2.42. The number of rotatable bonds is 1. The summed E-state index contributed by atoms with van der Waals surface area (Å²) in [5.74, 6) is 0.132. The van der Waals surface area contributed by atoms with Crippen LogP contribution in [0.1, 0.15) is 30.4 Å². The lowest BCUT2D eigenvalue weighted by molar-refractivity contribution is -0.119. The van der Waals surface area contributed by atoms with Gasteiger partial charge in [-0.3, -0.25) is 4.79 Å². The molecule has 3 rings (SSSR count). The van der Waals surface area contributed by atoms with Gasteiger partial charge in [-0.15, -0.1) is 0 Å². The molecule has 0 unspecified atom stereocenters. The van der Waals surface area contributed by atoms with Crippen molar-refractivity contribution in [2.45, 2.75) is 26.2 Å². The van der Waals surface area contributed by atoms with Gasteiger partial charge in [0, 0.05) is 12.6 Å². The number of carbonyl (C=O) groups excluding carboxylic acids is 1. The maximum Gasteiger partial charge on any atom is 0.234 e. The fraction of sp³-hybridized carbons (Fsp3) is 0.278. The number of hydrogen-bond donors (Lipinski definition) is 0. The Kier molecular flexibility index (Phi) is 3.09. The summed E-state index contributed by atoms with van der Waals surface area (Å²) in [6.45, 7) is 4.19. The average Bonchev–Trinajstić information content (AvgIpc) is 2.55. The maximum atomic E-state index is 12.7. The summed E-state index contributed by atoms with van der Waals surface area (Å²) in [6.07, 6.45) is 0.827. The molecule has 1 heterocycles. The minimum Gasteiger partial charge on any atom is -0.314 e. The number of fused-ring (bicyclic) bond motifs is 3. The molecule has 0 spiro atoms. The van der Waals surface area contributed by atoms with Crippen molar-refractivity contribution < 1.29 is 4.79 Å². The molecule has 0 radical (unpaired) electrons. The van der Waals surface area contributed by atoms with E-state index in [-0.39, 0.29) is 11.8 Å². The summed E-state index contributed by atoms with van der Waals surface area (Å²) in [6, 6.07) is 14.5. The van der Waals surface area contributed by atoms with Crippen LogP contribution < -0.4 is 4.90 Å². The zero-order valence-electron chi connectivity index (χ0n) is 12.2. The van der Waals surface area contributed by atoms with Gasteiger partial charge in [0.2, 0.25) is 5.91 Å². The molecule has 2 heteroatoms. The van der Waals surface area contributed by atoms with E-state index in [1.165, 1.54) is 16.7 Å². The van der Waals surface area contributed by atoms with Gasteiger partial charge in [0.05, 0.1) is 11.6 Å². The normalized spacial score (nSPS) is 17.4. The van der Waals surface area contributed by atoms with Crippen LogP contribution in [-0.4, -0.2) is 13.0 Å². The van der Waals surface area contributed by atoms with Crippen molar-refractivity contribution in [3.63, 3.8) is 0 Å². The van der Waals surface area contributed by atoms with Gasteiger partial charge in [-0.1, -0.05) is 43.3 Å². The Bertz CT molecular complexity index is 675. The Hall–Kier alpha value is -2.09. The quantitative estimate of drug-likeness (QED) is 0.759. The van der Waals surface area contributed by atoms with Crippen molar-refractivity contribution in [2.75, 3.05) is 11.9 Å². The van der Waals surface area contributed by atoms with Gasteiger partial charge in [0.15, 0.2) is 0 Å². The van der Waals surface area contributed by atoms with E-state index < -0.39 is 0 Å². The van der Waals surface area contributed by atoms with Gasteiger partial charge < -0.3 is 4.90 Å². The predicted molar refractivity (Wildman–Crippen MR) is 83.1 cm³/mol. The van der Waals surface area contributed by atoms with Crippen LogP contribution >= 0.6 is 0 Å². The van der Waals surface area contributed by atoms with Crippen molar-refractivity contribution >= 4 is 11.6 Å². The molecule has 0 aliphatic carbocycles. The number of anilines is 1. The Balaban J connectivity index is 2.39. The second-order valence-corrected chi connectivity index (χ2v) is 5.41. The van der Waals surface area contributed by atoms with Gasteiger partial charge in [0.25, 0.3) is 0 Å².